The molecule has 0 fully saturated rings. The number of fused-ring (bicyclic) bond motifs is 1. The highest BCUT2D eigenvalue weighted by atomic mass is 35.5. The molecule has 0 saturated heterocycles. The van der Waals surface area contributed by atoms with Crippen molar-refractivity contribution in [1.82, 2.24) is 9.97 Å². The number of halogens is 1. The molecule has 0 bridgehead atoms. The SMILES string of the molecule is [2H]c1cnc2[nH]c(Cl)c(CC)c2c1. The molecule has 0 amide bonds. The number of H-pyrrole nitrogens is 1. The van der Waals surface area contributed by atoms with Crippen LogP contribution in [0.5, 0.6) is 0 Å². The van der Waals surface area contributed by atoms with Gasteiger partial charge < -0.3 is 4.98 Å². The van der Waals surface area contributed by atoms with E-state index < -0.39 is 0 Å². The first-order chi connectivity index (χ1) is 6.22. The Hall–Kier alpha value is -1.02. The van der Waals surface area contributed by atoms with Gasteiger partial charge in [-0.15, -0.1) is 0 Å². The van der Waals surface area contributed by atoms with Crippen molar-refractivity contribution >= 4 is 22.6 Å². The van der Waals surface area contributed by atoms with Crippen LogP contribution >= 0.6 is 11.6 Å². The van der Waals surface area contributed by atoms with E-state index in [1.54, 1.807) is 6.07 Å². The number of rotatable bonds is 1. The lowest BCUT2D eigenvalue weighted by Gasteiger charge is -1.91. The van der Waals surface area contributed by atoms with Crippen LogP contribution in [-0.2, 0) is 6.42 Å². The van der Waals surface area contributed by atoms with E-state index in [-0.39, 0.29) is 0 Å². The number of hydrogen-bond acceptors (Lipinski definition) is 1. The lowest BCUT2D eigenvalue weighted by molar-refractivity contribution is 1.15. The molecule has 0 aliphatic heterocycles. The second kappa shape index (κ2) is 2.79. The maximum Gasteiger partial charge on any atom is 0.138 e. The number of hydrogen-bond donors (Lipinski definition) is 1. The molecule has 0 saturated carbocycles. The summed E-state index contributed by atoms with van der Waals surface area (Å²) in [5.74, 6) is 0. The van der Waals surface area contributed by atoms with Crippen molar-refractivity contribution in [2.24, 2.45) is 0 Å². The van der Waals surface area contributed by atoms with Crippen molar-refractivity contribution < 1.29 is 1.37 Å². The summed E-state index contributed by atoms with van der Waals surface area (Å²) in [5.41, 5.74) is 1.80. The lowest BCUT2D eigenvalue weighted by atomic mass is 10.2. The van der Waals surface area contributed by atoms with Crippen molar-refractivity contribution in [1.29, 1.82) is 0 Å². The maximum absolute atomic E-state index is 7.44. The van der Waals surface area contributed by atoms with E-state index in [4.69, 9.17) is 13.0 Å². The Morgan fingerprint density at radius 3 is 3.33 bits per heavy atom. The molecule has 2 nitrogen and oxygen atoms in total. The van der Waals surface area contributed by atoms with Gasteiger partial charge in [0.05, 0.1) is 1.37 Å². The molecule has 2 rings (SSSR count). The van der Waals surface area contributed by atoms with Crippen LogP contribution in [0.25, 0.3) is 11.0 Å². The number of aryl methyl sites for hydroxylation is 1. The van der Waals surface area contributed by atoms with Crippen molar-refractivity contribution in [2.45, 2.75) is 13.3 Å². The molecule has 3 heteroatoms. The fourth-order valence-corrected chi connectivity index (χ4v) is 1.66. The van der Waals surface area contributed by atoms with Crippen LogP contribution in [0.4, 0.5) is 0 Å². The van der Waals surface area contributed by atoms with Crippen molar-refractivity contribution in [3.8, 4) is 0 Å². The summed E-state index contributed by atoms with van der Waals surface area (Å²) >= 11 is 5.96. The monoisotopic (exact) mass is 181 g/mol. The van der Waals surface area contributed by atoms with Gasteiger partial charge in [-0.2, -0.15) is 0 Å². The van der Waals surface area contributed by atoms with Gasteiger partial charge in [0.1, 0.15) is 10.8 Å². The van der Waals surface area contributed by atoms with E-state index in [0.717, 1.165) is 23.0 Å². The molecular formula is C9H9ClN2. The highest BCUT2D eigenvalue weighted by molar-refractivity contribution is 6.31. The maximum atomic E-state index is 7.44. The van der Waals surface area contributed by atoms with E-state index in [1.165, 1.54) is 6.20 Å². The fraction of sp³-hybridized carbons (Fsp3) is 0.222. The minimum absolute atomic E-state index is 0.415. The Labute approximate surface area is 77.0 Å². The third-order valence-corrected chi connectivity index (χ3v) is 2.25. The predicted molar refractivity (Wildman–Crippen MR) is 50.5 cm³/mol. The number of aromatic amines is 1. The van der Waals surface area contributed by atoms with E-state index in [2.05, 4.69) is 9.97 Å². The third kappa shape index (κ3) is 0.994. The Kier molecular flexibility index (Phi) is 1.51. The van der Waals surface area contributed by atoms with Crippen LogP contribution in [0, 0.1) is 0 Å². The average molecular weight is 182 g/mol. The largest absolute Gasteiger partial charge is 0.330 e. The Bertz CT molecular complexity index is 450. The van der Waals surface area contributed by atoms with Gasteiger partial charge in [0.15, 0.2) is 0 Å². The van der Waals surface area contributed by atoms with Crippen LogP contribution in [0.2, 0.25) is 5.15 Å². The molecule has 2 heterocycles. The summed E-state index contributed by atoms with van der Waals surface area (Å²) in [6, 6.07) is 2.20. The lowest BCUT2D eigenvalue weighted by Crippen LogP contribution is -1.76. The zero-order chi connectivity index (χ0) is 9.42. The van der Waals surface area contributed by atoms with Gasteiger partial charge in [0, 0.05) is 11.6 Å². The van der Waals surface area contributed by atoms with Crippen LogP contribution in [0.3, 0.4) is 0 Å². The summed E-state index contributed by atoms with van der Waals surface area (Å²) in [5, 5.41) is 1.59. The molecular weight excluding hydrogens is 172 g/mol. The molecule has 0 atom stereocenters. The zero-order valence-electron chi connectivity index (χ0n) is 7.69. The van der Waals surface area contributed by atoms with Crippen molar-refractivity contribution in [2.75, 3.05) is 0 Å². The van der Waals surface area contributed by atoms with Gasteiger partial charge in [-0.1, -0.05) is 18.5 Å². The topological polar surface area (TPSA) is 28.7 Å². The number of nitrogens with one attached hydrogen (secondary N) is 1. The minimum Gasteiger partial charge on any atom is -0.330 e. The molecule has 2 aromatic heterocycles. The molecule has 0 unspecified atom stereocenters. The van der Waals surface area contributed by atoms with Gasteiger partial charge in [-0.3, -0.25) is 0 Å². The summed E-state index contributed by atoms with van der Waals surface area (Å²) < 4.78 is 7.44. The average Bonchev–Trinajstić information content (AvgIpc) is 2.40. The second-order valence-corrected chi connectivity index (χ2v) is 2.98. The zero-order valence-corrected chi connectivity index (χ0v) is 7.44. The normalized spacial score (nSPS) is 12.0. The molecule has 12 heavy (non-hydrogen) atoms. The molecule has 0 aliphatic rings. The van der Waals surface area contributed by atoms with Crippen LogP contribution < -0.4 is 0 Å². The highest BCUT2D eigenvalue weighted by Gasteiger charge is 2.06. The van der Waals surface area contributed by atoms with Crippen molar-refractivity contribution in [3.05, 3.63) is 29.0 Å². The first-order valence-electron chi connectivity index (χ1n) is 4.35. The Balaban J connectivity index is 2.80. The van der Waals surface area contributed by atoms with Gasteiger partial charge in [-0.05, 0) is 24.1 Å². The number of nitrogens with zero attached hydrogens (tertiary/aromatic N) is 1. The Morgan fingerprint density at radius 2 is 2.58 bits per heavy atom. The van der Waals surface area contributed by atoms with E-state index in [1.807, 2.05) is 6.92 Å². The summed E-state index contributed by atoms with van der Waals surface area (Å²) in [7, 11) is 0. The van der Waals surface area contributed by atoms with E-state index in [0.29, 0.717) is 11.2 Å². The molecule has 62 valence electrons. The van der Waals surface area contributed by atoms with Gasteiger partial charge in [-0.25, -0.2) is 4.98 Å². The quantitative estimate of drug-likeness (QED) is 0.720. The third-order valence-electron chi connectivity index (χ3n) is 1.92. The van der Waals surface area contributed by atoms with E-state index >= 15 is 0 Å². The van der Waals surface area contributed by atoms with Crippen molar-refractivity contribution in [3.63, 3.8) is 0 Å². The van der Waals surface area contributed by atoms with Crippen LogP contribution in [-0.4, -0.2) is 9.97 Å². The standard InChI is InChI=1S/C9H9ClN2/c1-2-6-7-4-3-5-11-9(7)12-8(6)10/h3-5H,2H2,1H3,(H,11,12)/i3D. The predicted octanol–water partition coefficient (Wildman–Crippen LogP) is 2.78. The summed E-state index contributed by atoms with van der Waals surface area (Å²) in [4.78, 5) is 7.06. The van der Waals surface area contributed by atoms with Crippen LogP contribution in [0.15, 0.2) is 18.3 Å². The molecule has 0 spiro atoms. The molecule has 1 N–H and O–H groups in total. The van der Waals surface area contributed by atoms with Gasteiger partial charge >= 0.3 is 0 Å². The van der Waals surface area contributed by atoms with E-state index in [9.17, 15) is 0 Å². The summed E-state index contributed by atoms with van der Waals surface area (Å²) in [6.07, 6.45) is 2.36. The molecule has 0 aliphatic carbocycles. The first-order valence-corrected chi connectivity index (χ1v) is 4.23. The second-order valence-electron chi connectivity index (χ2n) is 2.60. The van der Waals surface area contributed by atoms with Crippen LogP contribution in [0.1, 0.15) is 13.9 Å². The van der Waals surface area contributed by atoms with Gasteiger partial charge in [0.2, 0.25) is 0 Å². The fourth-order valence-electron chi connectivity index (χ4n) is 1.33. The first kappa shape index (κ1) is 6.49. The molecule has 2 aromatic rings. The van der Waals surface area contributed by atoms with Gasteiger partial charge in [0.25, 0.3) is 0 Å². The molecule has 0 radical (unpaired) electrons. The molecule has 0 aromatic carbocycles. The highest BCUT2D eigenvalue weighted by Crippen LogP contribution is 2.24. The Morgan fingerprint density at radius 1 is 1.75 bits per heavy atom. The number of pyridine rings is 1. The minimum atomic E-state index is 0.415. The number of aromatic nitrogens is 2. The summed E-state index contributed by atoms with van der Waals surface area (Å²) in [6.45, 7) is 2.03. The smallest absolute Gasteiger partial charge is 0.138 e.